The van der Waals surface area contributed by atoms with Gasteiger partial charge in [-0.25, -0.2) is 9.38 Å². The Bertz CT molecular complexity index is 943. The summed E-state index contributed by atoms with van der Waals surface area (Å²) in [6, 6.07) is 12.4. The molecule has 1 saturated heterocycles. The van der Waals surface area contributed by atoms with E-state index in [2.05, 4.69) is 46.2 Å². The summed E-state index contributed by atoms with van der Waals surface area (Å²) in [4.78, 5) is 13.1. The maximum absolute atomic E-state index is 13.6. The molecule has 0 bridgehead atoms. The van der Waals surface area contributed by atoms with E-state index in [1.165, 1.54) is 23.3 Å². The number of nitrogens with one attached hydrogen (secondary N) is 1. The smallest absolute Gasteiger partial charge is 0.222 e. The second-order valence-electron chi connectivity index (χ2n) is 7.16. The minimum Gasteiger partial charge on any atom is -0.378 e. The highest BCUT2D eigenvalue weighted by molar-refractivity contribution is 6.06. The van der Waals surface area contributed by atoms with Crippen LogP contribution in [0, 0.1) is 19.7 Å². The molecule has 4 rings (SSSR count). The lowest BCUT2D eigenvalue weighted by atomic mass is 10.1. The summed E-state index contributed by atoms with van der Waals surface area (Å²) in [6.07, 6.45) is -0.516. The van der Waals surface area contributed by atoms with Crippen molar-refractivity contribution in [3.63, 3.8) is 0 Å². The highest BCUT2D eigenvalue weighted by Gasteiger charge is 2.32. The van der Waals surface area contributed by atoms with Crippen molar-refractivity contribution in [2.75, 3.05) is 36.5 Å². The van der Waals surface area contributed by atoms with Crippen molar-refractivity contribution in [1.29, 1.82) is 0 Å². The Balaban J connectivity index is 0.00000256. The van der Waals surface area contributed by atoms with E-state index < -0.39 is 6.29 Å². The molecule has 2 aliphatic rings. The minimum absolute atomic E-state index is 0. The largest absolute Gasteiger partial charge is 0.378 e. The van der Waals surface area contributed by atoms with Gasteiger partial charge in [0.05, 0.1) is 13.2 Å². The fraction of sp³-hybridized carbons (Fsp3) is 0.333. The number of hydrogen-bond donors (Lipinski definition) is 2. The van der Waals surface area contributed by atoms with Crippen molar-refractivity contribution >= 4 is 35.7 Å². The number of guanidine groups is 2. The molecule has 160 valence electrons. The number of benzene rings is 2. The van der Waals surface area contributed by atoms with Gasteiger partial charge in [0.2, 0.25) is 18.2 Å². The van der Waals surface area contributed by atoms with Crippen LogP contribution < -0.4 is 16.0 Å². The second kappa shape index (κ2) is 9.32. The minimum atomic E-state index is -0.516. The first-order valence-corrected chi connectivity index (χ1v) is 9.64. The van der Waals surface area contributed by atoms with Crippen LogP contribution in [0.5, 0.6) is 0 Å². The van der Waals surface area contributed by atoms with Crippen LogP contribution in [-0.4, -0.2) is 49.4 Å². The lowest BCUT2D eigenvalue weighted by Crippen LogP contribution is -2.57. The van der Waals surface area contributed by atoms with Gasteiger partial charge in [-0.05, 0) is 61.4 Å². The Morgan fingerprint density at radius 3 is 2.43 bits per heavy atom. The average Bonchev–Trinajstić information content (AvgIpc) is 2.72. The lowest BCUT2D eigenvalue weighted by molar-refractivity contribution is 0.0671. The fourth-order valence-electron chi connectivity index (χ4n) is 3.40. The van der Waals surface area contributed by atoms with Crippen LogP contribution in [-0.2, 0) is 4.74 Å². The standard InChI is InChI=1S/C21H25FN6O.ClH/c1-14-3-6-17(13-15(14)2)24-20-25-19(23)26-21(27-9-11-29-12-10-27)28(20)18-7-4-16(22)5-8-18;/h3-8,13,20,24H,9-12H2,1-2H3,(H2,23,25);1H. The molecule has 0 aliphatic carbocycles. The molecule has 2 aromatic rings. The monoisotopic (exact) mass is 432 g/mol. The predicted octanol–water partition coefficient (Wildman–Crippen LogP) is 3.08. The van der Waals surface area contributed by atoms with E-state index in [-0.39, 0.29) is 24.2 Å². The Hall–Kier alpha value is -2.84. The van der Waals surface area contributed by atoms with E-state index in [4.69, 9.17) is 10.5 Å². The fourth-order valence-corrected chi connectivity index (χ4v) is 3.40. The number of hydrogen-bond acceptors (Lipinski definition) is 7. The van der Waals surface area contributed by atoms with Crippen LogP contribution in [0.15, 0.2) is 52.4 Å². The summed E-state index contributed by atoms with van der Waals surface area (Å²) >= 11 is 0. The molecule has 0 amide bonds. The van der Waals surface area contributed by atoms with Gasteiger partial charge in [-0.1, -0.05) is 6.07 Å². The van der Waals surface area contributed by atoms with E-state index in [0.717, 1.165) is 11.4 Å². The molecule has 7 nitrogen and oxygen atoms in total. The number of rotatable bonds is 3. The maximum atomic E-state index is 13.6. The van der Waals surface area contributed by atoms with Crippen molar-refractivity contribution in [3.05, 3.63) is 59.4 Å². The molecule has 0 radical (unpaired) electrons. The van der Waals surface area contributed by atoms with Crippen LogP contribution >= 0.6 is 12.4 Å². The normalized spacial score (nSPS) is 19.0. The molecular formula is C21H26ClFN6O. The molecule has 1 unspecified atom stereocenters. The van der Waals surface area contributed by atoms with Gasteiger partial charge in [0.25, 0.3) is 0 Å². The third-order valence-corrected chi connectivity index (χ3v) is 5.13. The van der Waals surface area contributed by atoms with E-state index in [1.54, 1.807) is 12.1 Å². The summed E-state index contributed by atoms with van der Waals surface area (Å²) in [6.45, 7) is 6.76. The number of morpholine rings is 1. The molecule has 1 fully saturated rings. The van der Waals surface area contributed by atoms with Gasteiger partial charge in [0.15, 0.2) is 0 Å². The third-order valence-electron chi connectivity index (χ3n) is 5.13. The number of nitrogens with two attached hydrogens (primary N) is 1. The van der Waals surface area contributed by atoms with Gasteiger partial charge in [0, 0.05) is 24.5 Å². The number of halogens is 2. The summed E-state index contributed by atoms with van der Waals surface area (Å²) in [5.74, 6) is 0.581. The summed E-state index contributed by atoms with van der Waals surface area (Å²) in [5, 5.41) is 3.44. The third kappa shape index (κ3) is 4.66. The molecule has 9 heteroatoms. The van der Waals surface area contributed by atoms with E-state index in [9.17, 15) is 4.39 Å². The van der Waals surface area contributed by atoms with Gasteiger partial charge < -0.3 is 20.7 Å². The molecule has 0 saturated carbocycles. The van der Waals surface area contributed by atoms with E-state index in [0.29, 0.717) is 32.3 Å². The molecule has 3 N–H and O–H groups in total. The van der Waals surface area contributed by atoms with Crippen molar-refractivity contribution in [2.24, 2.45) is 15.7 Å². The van der Waals surface area contributed by atoms with Crippen molar-refractivity contribution in [2.45, 2.75) is 20.1 Å². The molecular weight excluding hydrogens is 407 g/mol. The van der Waals surface area contributed by atoms with Gasteiger partial charge in [-0.2, -0.15) is 4.99 Å². The zero-order valence-electron chi connectivity index (χ0n) is 17.0. The van der Waals surface area contributed by atoms with Crippen molar-refractivity contribution in [1.82, 2.24) is 4.90 Å². The van der Waals surface area contributed by atoms with Crippen LogP contribution in [0.1, 0.15) is 11.1 Å². The number of aryl methyl sites for hydroxylation is 2. The number of ether oxygens (including phenoxy) is 1. The molecule has 30 heavy (non-hydrogen) atoms. The lowest BCUT2D eigenvalue weighted by Gasteiger charge is -2.41. The SMILES string of the molecule is Cc1ccc(NC2N=C(N)N=C(N3CCOCC3)N2c2ccc(F)cc2)cc1C.Cl. The number of nitrogens with zero attached hydrogens (tertiary/aromatic N) is 4. The summed E-state index contributed by atoms with van der Waals surface area (Å²) < 4.78 is 19.0. The Labute approximate surface area is 181 Å². The quantitative estimate of drug-likeness (QED) is 0.779. The van der Waals surface area contributed by atoms with Gasteiger partial charge >= 0.3 is 0 Å². The zero-order valence-corrected chi connectivity index (χ0v) is 17.8. The predicted molar refractivity (Wildman–Crippen MR) is 121 cm³/mol. The molecule has 0 spiro atoms. The molecule has 2 aliphatic heterocycles. The Kier molecular flexibility index (Phi) is 6.79. The van der Waals surface area contributed by atoms with Crippen molar-refractivity contribution in [3.8, 4) is 0 Å². The van der Waals surface area contributed by atoms with Gasteiger partial charge in [0.1, 0.15) is 5.82 Å². The zero-order chi connectivity index (χ0) is 20.4. The van der Waals surface area contributed by atoms with E-state index >= 15 is 0 Å². The Morgan fingerprint density at radius 2 is 1.77 bits per heavy atom. The number of aliphatic imine (C=N–C) groups is 2. The molecule has 1 atom stereocenters. The van der Waals surface area contributed by atoms with E-state index in [1.807, 2.05) is 11.0 Å². The molecule has 2 aromatic carbocycles. The Morgan fingerprint density at radius 1 is 1.07 bits per heavy atom. The van der Waals surface area contributed by atoms with Crippen LogP contribution in [0.2, 0.25) is 0 Å². The average molecular weight is 433 g/mol. The first-order chi connectivity index (χ1) is 14.0. The molecule has 0 aromatic heterocycles. The highest BCUT2D eigenvalue weighted by Crippen LogP contribution is 2.25. The van der Waals surface area contributed by atoms with Crippen LogP contribution in [0.4, 0.5) is 15.8 Å². The van der Waals surface area contributed by atoms with Crippen LogP contribution in [0.3, 0.4) is 0 Å². The summed E-state index contributed by atoms with van der Waals surface area (Å²) in [7, 11) is 0. The number of anilines is 2. The highest BCUT2D eigenvalue weighted by atomic mass is 35.5. The van der Waals surface area contributed by atoms with Crippen LogP contribution in [0.25, 0.3) is 0 Å². The molecule has 2 heterocycles. The maximum Gasteiger partial charge on any atom is 0.222 e. The second-order valence-corrected chi connectivity index (χ2v) is 7.16. The first-order valence-electron chi connectivity index (χ1n) is 9.64. The van der Waals surface area contributed by atoms with Crippen molar-refractivity contribution < 1.29 is 9.13 Å². The first kappa shape index (κ1) is 21.9. The van der Waals surface area contributed by atoms with Gasteiger partial charge in [-0.3, -0.25) is 4.90 Å². The van der Waals surface area contributed by atoms with Gasteiger partial charge in [-0.15, -0.1) is 12.4 Å². The summed E-state index contributed by atoms with van der Waals surface area (Å²) in [5.41, 5.74) is 10.2. The topological polar surface area (TPSA) is 78.5 Å².